The van der Waals surface area contributed by atoms with Gasteiger partial charge in [-0.15, -0.1) is 11.6 Å². The van der Waals surface area contributed by atoms with Crippen molar-refractivity contribution < 1.29 is 9.53 Å². The molecule has 1 aromatic carbocycles. The normalized spacial score (nSPS) is 29.1. The lowest BCUT2D eigenvalue weighted by Crippen LogP contribution is -2.27. The van der Waals surface area contributed by atoms with Gasteiger partial charge >= 0.3 is 0 Å². The van der Waals surface area contributed by atoms with Crippen LogP contribution in [-0.4, -0.2) is 18.6 Å². The van der Waals surface area contributed by atoms with Gasteiger partial charge < -0.3 is 10.1 Å². The van der Waals surface area contributed by atoms with Gasteiger partial charge in [-0.05, 0) is 44.4 Å². The zero-order chi connectivity index (χ0) is 14.5. The number of anilines is 1. The van der Waals surface area contributed by atoms with Gasteiger partial charge in [-0.3, -0.25) is 4.79 Å². The van der Waals surface area contributed by atoms with Gasteiger partial charge in [0.1, 0.15) is 0 Å². The smallest absolute Gasteiger partial charge is 0.234 e. The molecule has 0 aromatic heterocycles. The number of hydrogen-bond donors (Lipinski definition) is 1. The fraction of sp³-hybridized carbons (Fsp3) is 0.562. The second-order valence-corrected chi connectivity index (χ2v) is 6.78. The quantitative estimate of drug-likeness (QED) is 0.846. The summed E-state index contributed by atoms with van der Waals surface area (Å²) in [5, 5.41) is 2.86. The van der Waals surface area contributed by atoms with E-state index in [9.17, 15) is 4.79 Å². The molecule has 0 spiro atoms. The Balaban J connectivity index is 1.94. The van der Waals surface area contributed by atoms with Gasteiger partial charge in [-0.2, -0.15) is 0 Å². The maximum atomic E-state index is 12.0. The van der Waals surface area contributed by atoms with Crippen molar-refractivity contribution in [1.29, 1.82) is 0 Å². The molecule has 0 saturated carbocycles. The summed E-state index contributed by atoms with van der Waals surface area (Å²) in [5.74, 6) is 0.385. The second-order valence-electron chi connectivity index (χ2n) is 6.31. The molecule has 1 amide bonds. The number of alkyl halides is 1. The van der Waals surface area contributed by atoms with Gasteiger partial charge in [0, 0.05) is 18.2 Å². The average Bonchev–Trinajstić information content (AvgIpc) is 2.92. The van der Waals surface area contributed by atoms with E-state index in [2.05, 4.69) is 18.3 Å². The van der Waals surface area contributed by atoms with Crippen LogP contribution in [0.5, 0.6) is 0 Å². The zero-order valence-corrected chi connectivity index (χ0v) is 12.8. The SMILES string of the molecule is CC1OCCC1C(Cl)c1ccc2c(c1)C(C)(C)C(=O)N2. The Morgan fingerprint density at radius 1 is 1.45 bits per heavy atom. The zero-order valence-electron chi connectivity index (χ0n) is 12.1. The number of nitrogens with one attached hydrogen (secondary N) is 1. The fourth-order valence-electron chi connectivity index (χ4n) is 3.14. The standard InChI is InChI=1S/C16H20ClNO2/c1-9-11(6-7-20-9)14(17)10-4-5-13-12(8-10)16(2,3)15(19)18-13/h4-5,8-9,11,14H,6-7H2,1-3H3,(H,18,19). The summed E-state index contributed by atoms with van der Waals surface area (Å²) < 4.78 is 5.61. The van der Waals surface area contributed by atoms with Crippen molar-refractivity contribution in [1.82, 2.24) is 0 Å². The molecule has 1 fully saturated rings. The topological polar surface area (TPSA) is 38.3 Å². The summed E-state index contributed by atoms with van der Waals surface area (Å²) in [6.45, 7) is 6.76. The molecule has 3 unspecified atom stereocenters. The molecule has 20 heavy (non-hydrogen) atoms. The van der Waals surface area contributed by atoms with Gasteiger partial charge in [0.15, 0.2) is 0 Å². The molecule has 108 valence electrons. The van der Waals surface area contributed by atoms with Crippen LogP contribution in [0.25, 0.3) is 0 Å². The Kier molecular flexibility index (Phi) is 3.30. The Morgan fingerprint density at radius 3 is 2.85 bits per heavy atom. The highest BCUT2D eigenvalue weighted by Crippen LogP contribution is 2.43. The molecule has 4 heteroatoms. The molecule has 1 N–H and O–H groups in total. The summed E-state index contributed by atoms with van der Waals surface area (Å²) in [7, 11) is 0. The van der Waals surface area contributed by atoms with Crippen LogP contribution < -0.4 is 5.32 Å². The minimum atomic E-state index is -0.486. The molecule has 3 rings (SSSR count). The molecule has 2 aliphatic heterocycles. The van der Waals surface area contributed by atoms with Crippen LogP contribution in [0.1, 0.15) is 43.7 Å². The molecule has 0 aliphatic carbocycles. The molecule has 3 nitrogen and oxygen atoms in total. The number of hydrogen-bond acceptors (Lipinski definition) is 2. The summed E-state index contributed by atoms with van der Waals surface area (Å²) >= 11 is 6.65. The predicted molar refractivity (Wildman–Crippen MR) is 80.2 cm³/mol. The van der Waals surface area contributed by atoms with Gasteiger partial charge in [-0.25, -0.2) is 0 Å². The van der Waals surface area contributed by atoms with Crippen LogP contribution in [0.15, 0.2) is 18.2 Å². The highest BCUT2D eigenvalue weighted by atomic mass is 35.5. The summed E-state index contributed by atoms with van der Waals surface area (Å²) in [4.78, 5) is 12.0. The van der Waals surface area contributed by atoms with E-state index < -0.39 is 5.41 Å². The molecular weight excluding hydrogens is 274 g/mol. The lowest BCUT2D eigenvalue weighted by atomic mass is 9.84. The predicted octanol–water partition coefficient (Wildman–Crippen LogP) is 3.62. The monoisotopic (exact) mass is 293 g/mol. The summed E-state index contributed by atoms with van der Waals surface area (Å²) in [6, 6.07) is 6.06. The first-order valence-electron chi connectivity index (χ1n) is 7.13. The third-order valence-corrected chi connectivity index (χ3v) is 5.24. The number of benzene rings is 1. The number of halogens is 1. The maximum Gasteiger partial charge on any atom is 0.234 e. The van der Waals surface area contributed by atoms with Crippen molar-refractivity contribution >= 4 is 23.2 Å². The van der Waals surface area contributed by atoms with Crippen molar-refractivity contribution in [2.75, 3.05) is 11.9 Å². The Hall–Kier alpha value is -1.06. The first-order valence-corrected chi connectivity index (χ1v) is 7.56. The van der Waals surface area contributed by atoms with Crippen LogP contribution in [-0.2, 0) is 14.9 Å². The lowest BCUT2D eigenvalue weighted by Gasteiger charge is -2.22. The minimum Gasteiger partial charge on any atom is -0.378 e. The number of carbonyl (C=O) groups is 1. The molecular formula is C16H20ClNO2. The van der Waals surface area contributed by atoms with E-state index in [0.717, 1.165) is 29.8 Å². The van der Waals surface area contributed by atoms with Crippen molar-refractivity contribution in [3.8, 4) is 0 Å². The second kappa shape index (κ2) is 4.74. The highest BCUT2D eigenvalue weighted by Gasteiger charge is 2.39. The highest BCUT2D eigenvalue weighted by molar-refractivity contribution is 6.21. The maximum absolute atomic E-state index is 12.0. The number of carbonyl (C=O) groups excluding carboxylic acids is 1. The average molecular weight is 294 g/mol. The summed E-state index contributed by atoms with van der Waals surface area (Å²) in [5.41, 5.74) is 2.54. The van der Waals surface area contributed by atoms with Crippen molar-refractivity contribution in [3.05, 3.63) is 29.3 Å². The largest absolute Gasteiger partial charge is 0.378 e. The first-order chi connectivity index (χ1) is 9.41. The fourth-order valence-corrected chi connectivity index (χ4v) is 3.61. The van der Waals surface area contributed by atoms with Crippen molar-refractivity contribution in [2.24, 2.45) is 5.92 Å². The van der Waals surface area contributed by atoms with Crippen LogP contribution in [0, 0.1) is 5.92 Å². The number of ether oxygens (including phenoxy) is 1. The van der Waals surface area contributed by atoms with Gasteiger partial charge in [0.05, 0.1) is 16.9 Å². The van der Waals surface area contributed by atoms with Gasteiger partial charge in [0.25, 0.3) is 0 Å². The summed E-state index contributed by atoms with van der Waals surface area (Å²) in [6.07, 6.45) is 1.19. The van der Waals surface area contributed by atoms with E-state index in [4.69, 9.17) is 16.3 Å². The third kappa shape index (κ3) is 2.04. The number of amides is 1. The van der Waals surface area contributed by atoms with Crippen LogP contribution in [0.3, 0.4) is 0 Å². The van der Waals surface area contributed by atoms with Crippen LogP contribution in [0.2, 0.25) is 0 Å². The van der Waals surface area contributed by atoms with E-state index in [-0.39, 0.29) is 17.4 Å². The van der Waals surface area contributed by atoms with Crippen molar-refractivity contribution in [3.63, 3.8) is 0 Å². The lowest BCUT2D eigenvalue weighted by molar-refractivity contribution is -0.119. The first kappa shape index (κ1) is 13.9. The van der Waals surface area contributed by atoms with Crippen LogP contribution in [0.4, 0.5) is 5.69 Å². The molecule has 0 radical (unpaired) electrons. The van der Waals surface area contributed by atoms with E-state index in [1.54, 1.807) is 0 Å². The van der Waals surface area contributed by atoms with E-state index in [1.165, 1.54) is 0 Å². The van der Waals surface area contributed by atoms with Gasteiger partial charge in [0.2, 0.25) is 5.91 Å². The minimum absolute atomic E-state index is 0.0494. The van der Waals surface area contributed by atoms with E-state index in [1.807, 2.05) is 26.0 Å². The van der Waals surface area contributed by atoms with E-state index >= 15 is 0 Å². The van der Waals surface area contributed by atoms with Crippen molar-refractivity contribution in [2.45, 2.75) is 44.1 Å². The molecule has 2 heterocycles. The molecule has 1 aromatic rings. The van der Waals surface area contributed by atoms with Gasteiger partial charge in [-0.1, -0.05) is 12.1 Å². The molecule has 2 aliphatic rings. The molecule has 0 bridgehead atoms. The molecule has 1 saturated heterocycles. The number of rotatable bonds is 2. The van der Waals surface area contributed by atoms with E-state index in [0.29, 0.717) is 5.92 Å². The third-order valence-electron chi connectivity index (χ3n) is 4.66. The number of fused-ring (bicyclic) bond motifs is 1. The Bertz CT molecular complexity index is 555. The van der Waals surface area contributed by atoms with Crippen LogP contribution >= 0.6 is 11.6 Å². The molecule has 3 atom stereocenters. The Labute approximate surface area is 124 Å². The Morgan fingerprint density at radius 2 is 2.20 bits per heavy atom.